The molecule has 0 aliphatic heterocycles. The average Bonchev–Trinajstić information content (AvgIpc) is 2.40. The Balaban J connectivity index is 2.28. The van der Waals surface area contributed by atoms with Crippen LogP contribution in [0.2, 0.25) is 0 Å². The molecule has 2 rings (SSSR count). The zero-order chi connectivity index (χ0) is 13.9. The molecular formula is C16H14F2O. The van der Waals surface area contributed by atoms with Crippen LogP contribution in [-0.4, -0.2) is 6.29 Å². The summed E-state index contributed by atoms with van der Waals surface area (Å²) < 4.78 is 27.0. The molecule has 0 spiro atoms. The van der Waals surface area contributed by atoms with Crippen molar-refractivity contribution in [3.63, 3.8) is 0 Å². The van der Waals surface area contributed by atoms with Gasteiger partial charge in [-0.2, -0.15) is 0 Å². The van der Waals surface area contributed by atoms with Crippen LogP contribution >= 0.6 is 0 Å². The molecule has 0 fully saturated rings. The van der Waals surface area contributed by atoms with Gasteiger partial charge in [-0.15, -0.1) is 0 Å². The van der Waals surface area contributed by atoms with Crippen molar-refractivity contribution in [3.05, 3.63) is 59.7 Å². The van der Waals surface area contributed by atoms with Crippen molar-refractivity contribution >= 4 is 6.29 Å². The van der Waals surface area contributed by atoms with E-state index >= 15 is 0 Å². The molecule has 3 heteroatoms. The Morgan fingerprint density at radius 3 is 1.89 bits per heavy atom. The number of halogens is 2. The van der Waals surface area contributed by atoms with Gasteiger partial charge in [0, 0.05) is 5.56 Å². The molecule has 0 aliphatic carbocycles. The third-order valence-electron chi connectivity index (χ3n) is 3.03. The van der Waals surface area contributed by atoms with Crippen molar-refractivity contribution in [1.82, 2.24) is 0 Å². The molecule has 2 aromatic carbocycles. The maximum Gasteiger partial charge on any atom is 0.279 e. The minimum atomic E-state index is -3.09. The van der Waals surface area contributed by atoms with Crippen LogP contribution in [0.1, 0.15) is 17.5 Å². The largest absolute Gasteiger partial charge is 0.303 e. The Morgan fingerprint density at radius 2 is 1.42 bits per heavy atom. The third-order valence-corrected chi connectivity index (χ3v) is 3.03. The molecule has 1 nitrogen and oxygen atoms in total. The highest BCUT2D eigenvalue weighted by atomic mass is 19.3. The molecule has 19 heavy (non-hydrogen) atoms. The molecule has 0 N–H and O–H groups in total. The minimum Gasteiger partial charge on any atom is -0.303 e. The molecular weight excluding hydrogens is 246 g/mol. The second kappa shape index (κ2) is 5.31. The summed E-state index contributed by atoms with van der Waals surface area (Å²) in [5, 5.41) is 0. The van der Waals surface area contributed by atoms with E-state index in [1.54, 1.807) is 12.1 Å². The lowest BCUT2D eigenvalue weighted by Gasteiger charge is -2.14. The standard InChI is InChI=1S/C16H14F2O/c1-12-2-4-13(5-3-12)14-6-8-15(9-7-14)16(17,18)10-11-19/h2-9,11H,10H2,1H3. The molecule has 0 aromatic heterocycles. The van der Waals surface area contributed by atoms with Gasteiger partial charge in [0.2, 0.25) is 0 Å². The summed E-state index contributed by atoms with van der Waals surface area (Å²) in [6, 6.07) is 13.9. The van der Waals surface area contributed by atoms with Gasteiger partial charge in [-0.1, -0.05) is 54.1 Å². The Kier molecular flexibility index (Phi) is 3.74. The van der Waals surface area contributed by atoms with Gasteiger partial charge >= 0.3 is 0 Å². The first-order valence-corrected chi connectivity index (χ1v) is 6.02. The van der Waals surface area contributed by atoms with Gasteiger partial charge in [0.25, 0.3) is 5.92 Å². The molecule has 0 aliphatic rings. The summed E-state index contributed by atoms with van der Waals surface area (Å²) >= 11 is 0. The van der Waals surface area contributed by atoms with E-state index in [9.17, 15) is 13.6 Å². The quantitative estimate of drug-likeness (QED) is 0.747. The molecule has 2 aromatic rings. The van der Waals surface area contributed by atoms with Gasteiger partial charge in [0.15, 0.2) is 0 Å². The van der Waals surface area contributed by atoms with E-state index in [0.717, 1.165) is 16.7 Å². The van der Waals surface area contributed by atoms with Gasteiger partial charge in [0.05, 0.1) is 6.42 Å². The van der Waals surface area contributed by atoms with Crippen LogP contribution in [0, 0.1) is 6.92 Å². The van der Waals surface area contributed by atoms with Gasteiger partial charge in [0.1, 0.15) is 6.29 Å². The summed E-state index contributed by atoms with van der Waals surface area (Å²) in [7, 11) is 0. The predicted octanol–water partition coefficient (Wildman–Crippen LogP) is 4.34. The summed E-state index contributed by atoms with van der Waals surface area (Å²) in [4.78, 5) is 10.2. The topological polar surface area (TPSA) is 17.1 Å². The predicted molar refractivity (Wildman–Crippen MR) is 71.2 cm³/mol. The van der Waals surface area contributed by atoms with Gasteiger partial charge < -0.3 is 4.79 Å². The van der Waals surface area contributed by atoms with Crippen LogP contribution in [0.4, 0.5) is 8.78 Å². The van der Waals surface area contributed by atoms with Crippen LogP contribution in [0.25, 0.3) is 11.1 Å². The normalized spacial score (nSPS) is 11.3. The van der Waals surface area contributed by atoms with Gasteiger partial charge in [-0.05, 0) is 18.1 Å². The molecule has 0 radical (unpaired) electrons. The van der Waals surface area contributed by atoms with E-state index in [-0.39, 0.29) is 11.8 Å². The van der Waals surface area contributed by atoms with Crippen LogP contribution in [0.3, 0.4) is 0 Å². The number of carbonyl (C=O) groups excluding carboxylic acids is 1. The molecule has 0 unspecified atom stereocenters. The molecule has 0 heterocycles. The monoisotopic (exact) mass is 260 g/mol. The second-order valence-corrected chi connectivity index (χ2v) is 4.52. The highest BCUT2D eigenvalue weighted by Gasteiger charge is 2.30. The van der Waals surface area contributed by atoms with E-state index in [0.29, 0.717) is 0 Å². The number of benzene rings is 2. The Bertz CT molecular complexity index is 556. The van der Waals surface area contributed by atoms with Crippen LogP contribution in [-0.2, 0) is 10.7 Å². The number of aldehydes is 1. The number of rotatable bonds is 4. The number of hydrogen-bond donors (Lipinski definition) is 0. The van der Waals surface area contributed by atoms with Crippen molar-refractivity contribution in [2.45, 2.75) is 19.3 Å². The molecule has 0 saturated heterocycles. The van der Waals surface area contributed by atoms with Crippen LogP contribution in [0.5, 0.6) is 0 Å². The highest BCUT2D eigenvalue weighted by molar-refractivity contribution is 5.64. The van der Waals surface area contributed by atoms with Gasteiger partial charge in [-0.25, -0.2) is 8.78 Å². The van der Waals surface area contributed by atoms with E-state index in [1.807, 2.05) is 31.2 Å². The molecule has 0 saturated carbocycles. The zero-order valence-corrected chi connectivity index (χ0v) is 10.6. The summed E-state index contributed by atoms with van der Waals surface area (Å²) in [6.07, 6.45) is -0.537. The van der Waals surface area contributed by atoms with E-state index in [4.69, 9.17) is 0 Å². The van der Waals surface area contributed by atoms with Crippen molar-refractivity contribution < 1.29 is 13.6 Å². The summed E-state index contributed by atoms with van der Waals surface area (Å²) in [6.45, 7) is 1.99. The van der Waals surface area contributed by atoms with Crippen molar-refractivity contribution in [2.24, 2.45) is 0 Å². The van der Waals surface area contributed by atoms with Crippen molar-refractivity contribution in [2.75, 3.05) is 0 Å². The molecule has 98 valence electrons. The Morgan fingerprint density at radius 1 is 0.947 bits per heavy atom. The maximum atomic E-state index is 13.5. The fraction of sp³-hybridized carbons (Fsp3) is 0.188. The fourth-order valence-corrected chi connectivity index (χ4v) is 1.88. The zero-order valence-electron chi connectivity index (χ0n) is 10.6. The number of aryl methyl sites for hydroxylation is 1. The molecule has 0 bridgehead atoms. The van der Waals surface area contributed by atoms with Crippen LogP contribution in [0.15, 0.2) is 48.5 Å². The summed E-state index contributed by atoms with van der Waals surface area (Å²) in [5.74, 6) is -3.09. The first-order valence-electron chi connectivity index (χ1n) is 6.02. The smallest absolute Gasteiger partial charge is 0.279 e. The first-order chi connectivity index (χ1) is 9.03. The van der Waals surface area contributed by atoms with Crippen LogP contribution < -0.4 is 0 Å². The summed E-state index contributed by atoms with van der Waals surface area (Å²) in [5.41, 5.74) is 2.88. The lowest BCUT2D eigenvalue weighted by Crippen LogP contribution is -2.13. The lowest BCUT2D eigenvalue weighted by molar-refractivity contribution is -0.115. The van der Waals surface area contributed by atoms with E-state index in [2.05, 4.69) is 0 Å². The minimum absolute atomic E-state index is 0.129. The molecule has 0 amide bonds. The number of hydrogen-bond acceptors (Lipinski definition) is 1. The highest BCUT2D eigenvalue weighted by Crippen LogP contribution is 2.32. The average molecular weight is 260 g/mol. The first kappa shape index (κ1) is 13.4. The Hall–Kier alpha value is -2.03. The second-order valence-electron chi connectivity index (χ2n) is 4.52. The SMILES string of the molecule is Cc1ccc(-c2ccc(C(F)(F)CC=O)cc2)cc1. The van der Waals surface area contributed by atoms with E-state index < -0.39 is 12.3 Å². The number of carbonyl (C=O) groups is 1. The van der Waals surface area contributed by atoms with Crippen molar-refractivity contribution in [3.8, 4) is 11.1 Å². The van der Waals surface area contributed by atoms with E-state index in [1.165, 1.54) is 12.1 Å². The number of alkyl halides is 2. The third kappa shape index (κ3) is 3.05. The maximum absolute atomic E-state index is 13.5. The molecule has 0 atom stereocenters. The fourth-order valence-electron chi connectivity index (χ4n) is 1.88. The van der Waals surface area contributed by atoms with Crippen molar-refractivity contribution in [1.29, 1.82) is 0 Å². The lowest BCUT2D eigenvalue weighted by atomic mass is 10.00. The Labute approximate surface area is 110 Å². The van der Waals surface area contributed by atoms with Gasteiger partial charge in [-0.3, -0.25) is 0 Å².